The van der Waals surface area contributed by atoms with Crippen LogP contribution < -0.4 is 9.47 Å². The van der Waals surface area contributed by atoms with E-state index in [-0.39, 0.29) is 0 Å². The summed E-state index contributed by atoms with van der Waals surface area (Å²) in [7, 11) is 1.56. The average molecular weight is 422 g/mol. The molecule has 7 nitrogen and oxygen atoms in total. The molecule has 0 amide bonds. The third kappa shape index (κ3) is 3.58. The molecule has 0 saturated heterocycles. The Kier molecular flexibility index (Phi) is 4.98. The number of halogens is 1. The van der Waals surface area contributed by atoms with Gasteiger partial charge in [-0.05, 0) is 24.3 Å². The molecule has 0 unspecified atom stereocenters. The van der Waals surface area contributed by atoms with E-state index in [0.29, 0.717) is 30.7 Å². The Hall–Kier alpha value is -3.16. The zero-order chi connectivity index (χ0) is 20.5. The van der Waals surface area contributed by atoms with Crippen molar-refractivity contribution >= 4 is 22.5 Å². The molecule has 4 heterocycles. The van der Waals surface area contributed by atoms with Crippen molar-refractivity contribution in [2.45, 2.75) is 13.1 Å². The minimum Gasteiger partial charge on any atom is -0.490 e. The van der Waals surface area contributed by atoms with Crippen LogP contribution in [-0.4, -0.2) is 44.7 Å². The maximum absolute atomic E-state index is 6.62. The van der Waals surface area contributed by atoms with Crippen LogP contribution in [0, 0.1) is 0 Å². The third-order valence-electron chi connectivity index (χ3n) is 5.20. The van der Waals surface area contributed by atoms with E-state index in [0.717, 1.165) is 40.0 Å². The Morgan fingerprint density at radius 1 is 1.17 bits per heavy atom. The van der Waals surface area contributed by atoms with E-state index in [1.54, 1.807) is 25.7 Å². The molecule has 1 aromatic carbocycles. The van der Waals surface area contributed by atoms with Crippen LogP contribution in [0.3, 0.4) is 0 Å². The lowest BCUT2D eigenvalue weighted by molar-refractivity contribution is 0.219. The molecule has 5 rings (SSSR count). The number of methoxy groups -OCH3 is 1. The normalized spacial score (nSPS) is 14.2. The SMILES string of the molecule is COc1ncc(CN2CCOc3c(Cl)cc(-n4ccc5ccncc54)cc3C2)cn1. The van der Waals surface area contributed by atoms with E-state index in [9.17, 15) is 0 Å². The second-order valence-electron chi connectivity index (χ2n) is 7.17. The molecular formula is C22H20ClN5O2. The monoisotopic (exact) mass is 421 g/mol. The van der Waals surface area contributed by atoms with Gasteiger partial charge in [0.15, 0.2) is 0 Å². The quantitative estimate of drug-likeness (QED) is 0.498. The molecule has 8 heteroatoms. The molecule has 0 atom stereocenters. The third-order valence-corrected chi connectivity index (χ3v) is 5.48. The molecule has 152 valence electrons. The van der Waals surface area contributed by atoms with Crippen LogP contribution in [-0.2, 0) is 13.1 Å². The van der Waals surface area contributed by atoms with Gasteiger partial charge in [-0.1, -0.05) is 11.6 Å². The van der Waals surface area contributed by atoms with E-state index >= 15 is 0 Å². The van der Waals surface area contributed by atoms with Crippen molar-refractivity contribution in [3.63, 3.8) is 0 Å². The van der Waals surface area contributed by atoms with Crippen LogP contribution in [0.25, 0.3) is 16.6 Å². The minimum absolute atomic E-state index is 0.369. The molecule has 4 aromatic rings. The summed E-state index contributed by atoms with van der Waals surface area (Å²) in [6.07, 6.45) is 9.28. The first-order valence-electron chi connectivity index (χ1n) is 9.65. The maximum Gasteiger partial charge on any atom is 0.316 e. The number of ether oxygens (including phenoxy) is 2. The van der Waals surface area contributed by atoms with Crippen molar-refractivity contribution in [1.29, 1.82) is 0 Å². The van der Waals surface area contributed by atoms with E-state index in [1.165, 1.54) is 0 Å². The molecule has 0 bridgehead atoms. The molecule has 0 saturated carbocycles. The summed E-state index contributed by atoms with van der Waals surface area (Å²) in [5.74, 6) is 0.753. The zero-order valence-electron chi connectivity index (χ0n) is 16.5. The number of hydrogen-bond acceptors (Lipinski definition) is 6. The zero-order valence-corrected chi connectivity index (χ0v) is 17.2. The van der Waals surface area contributed by atoms with Gasteiger partial charge in [0.2, 0.25) is 0 Å². The summed E-state index contributed by atoms with van der Waals surface area (Å²) in [4.78, 5) is 15.0. The molecule has 0 radical (unpaired) electrons. The molecule has 30 heavy (non-hydrogen) atoms. The Labute approximate surface area is 178 Å². The molecule has 1 aliphatic heterocycles. The van der Waals surface area contributed by atoms with Gasteiger partial charge in [0.1, 0.15) is 12.4 Å². The van der Waals surface area contributed by atoms with Gasteiger partial charge in [0.05, 0.1) is 23.8 Å². The van der Waals surface area contributed by atoms with E-state index in [1.807, 2.05) is 24.5 Å². The fraction of sp³-hybridized carbons (Fsp3) is 0.227. The summed E-state index contributed by atoms with van der Waals surface area (Å²) in [6.45, 7) is 2.78. The summed E-state index contributed by atoms with van der Waals surface area (Å²) in [6, 6.07) is 8.52. The highest BCUT2D eigenvalue weighted by Gasteiger charge is 2.20. The number of nitrogens with zero attached hydrogens (tertiary/aromatic N) is 5. The van der Waals surface area contributed by atoms with Crippen LogP contribution in [0.5, 0.6) is 11.8 Å². The number of fused-ring (bicyclic) bond motifs is 2. The first-order valence-corrected chi connectivity index (χ1v) is 10.0. The van der Waals surface area contributed by atoms with Gasteiger partial charge in [0.25, 0.3) is 0 Å². The second kappa shape index (κ2) is 7.93. The van der Waals surface area contributed by atoms with Gasteiger partial charge in [-0.25, -0.2) is 9.97 Å². The molecule has 0 fully saturated rings. The van der Waals surface area contributed by atoms with E-state index < -0.39 is 0 Å². The molecule has 0 spiro atoms. The van der Waals surface area contributed by atoms with E-state index in [4.69, 9.17) is 21.1 Å². The highest BCUT2D eigenvalue weighted by Crippen LogP contribution is 2.35. The van der Waals surface area contributed by atoms with Crippen molar-refractivity contribution in [3.8, 4) is 17.4 Å². The van der Waals surface area contributed by atoms with Crippen LogP contribution in [0.15, 0.2) is 55.2 Å². The fourth-order valence-electron chi connectivity index (χ4n) is 3.77. The number of hydrogen-bond donors (Lipinski definition) is 0. The number of aromatic nitrogens is 4. The topological polar surface area (TPSA) is 65.3 Å². The van der Waals surface area contributed by atoms with Gasteiger partial charge in [0, 0.05) is 66.6 Å². The van der Waals surface area contributed by atoms with Crippen molar-refractivity contribution in [3.05, 3.63) is 71.4 Å². The summed E-state index contributed by atoms with van der Waals surface area (Å²) in [5.41, 5.74) is 4.09. The molecular weight excluding hydrogens is 402 g/mol. The predicted molar refractivity (Wildman–Crippen MR) is 114 cm³/mol. The standard InChI is InChI=1S/C22H20ClN5O2/c1-29-22-25-10-15(11-26-22)13-27-6-7-30-21-17(14-27)8-18(9-19(21)23)28-5-3-16-2-4-24-12-20(16)28/h2-5,8-12H,6-7,13-14H2,1H3. The summed E-state index contributed by atoms with van der Waals surface area (Å²) in [5, 5.41) is 1.75. The Morgan fingerprint density at radius 3 is 2.87 bits per heavy atom. The lowest BCUT2D eigenvalue weighted by Crippen LogP contribution is -2.25. The summed E-state index contributed by atoms with van der Waals surface area (Å²) < 4.78 is 13.1. The first kappa shape index (κ1) is 18.8. The highest BCUT2D eigenvalue weighted by atomic mass is 35.5. The van der Waals surface area contributed by atoms with Gasteiger partial charge >= 0.3 is 6.01 Å². The smallest absolute Gasteiger partial charge is 0.316 e. The lowest BCUT2D eigenvalue weighted by Gasteiger charge is -2.19. The first-order chi connectivity index (χ1) is 14.7. The van der Waals surface area contributed by atoms with Gasteiger partial charge in [-0.2, -0.15) is 0 Å². The number of rotatable bonds is 4. The van der Waals surface area contributed by atoms with Crippen LogP contribution in [0.1, 0.15) is 11.1 Å². The van der Waals surface area contributed by atoms with Crippen LogP contribution in [0.4, 0.5) is 0 Å². The van der Waals surface area contributed by atoms with Gasteiger partial charge in [-0.3, -0.25) is 9.88 Å². The highest BCUT2D eigenvalue weighted by molar-refractivity contribution is 6.32. The van der Waals surface area contributed by atoms with Crippen LogP contribution in [0.2, 0.25) is 5.02 Å². The Morgan fingerprint density at radius 2 is 2.03 bits per heavy atom. The average Bonchev–Trinajstić information content (AvgIpc) is 3.09. The second-order valence-corrected chi connectivity index (χ2v) is 7.58. The van der Waals surface area contributed by atoms with Gasteiger partial charge in [-0.15, -0.1) is 0 Å². The molecule has 0 N–H and O–H groups in total. The lowest BCUT2D eigenvalue weighted by atomic mass is 10.1. The van der Waals surface area contributed by atoms with Crippen LogP contribution >= 0.6 is 11.6 Å². The molecule has 3 aromatic heterocycles. The molecule has 1 aliphatic rings. The van der Waals surface area contributed by atoms with Gasteiger partial charge < -0.3 is 14.0 Å². The van der Waals surface area contributed by atoms with Crippen molar-refractivity contribution < 1.29 is 9.47 Å². The number of benzene rings is 1. The van der Waals surface area contributed by atoms with E-state index in [2.05, 4.69) is 36.6 Å². The minimum atomic E-state index is 0.369. The Balaban J connectivity index is 1.46. The maximum atomic E-state index is 6.62. The fourth-order valence-corrected chi connectivity index (χ4v) is 4.06. The van der Waals surface area contributed by atoms with Crippen molar-refractivity contribution in [1.82, 2.24) is 24.4 Å². The number of pyridine rings is 1. The molecule has 0 aliphatic carbocycles. The van der Waals surface area contributed by atoms with Crippen molar-refractivity contribution in [2.75, 3.05) is 20.3 Å². The Bertz CT molecular complexity index is 1190. The predicted octanol–water partition coefficient (Wildman–Crippen LogP) is 3.87. The summed E-state index contributed by atoms with van der Waals surface area (Å²) >= 11 is 6.62. The van der Waals surface area contributed by atoms with Crippen molar-refractivity contribution in [2.24, 2.45) is 0 Å². The largest absolute Gasteiger partial charge is 0.490 e.